The van der Waals surface area contributed by atoms with Crippen molar-refractivity contribution in [2.75, 3.05) is 19.6 Å². The van der Waals surface area contributed by atoms with Crippen molar-refractivity contribution in [2.24, 2.45) is 0 Å². The van der Waals surface area contributed by atoms with Crippen molar-refractivity contribution < 1.29 is 4.79 Å². The van der Waals surface area contributed by atoms with E-state index in [0.717, 1.165) is 56.2 Å². The first-order valence-electron chi connectivity index (χ1n) is 11.0. The van der Waals surface area contributed by atoms with Crippen molar-refractivity contribution in [3.8, 4) is 0 Å². The van der Waals surface area contributed by atoms with Gasteiger partial charge >= 0.3 is 5.69 Å². The number of hydrogen-bond acceptors (Lipinski definition) is 3. The Kier molecular flexibility index (Phi) is 5.17. The van der Waals surface area contributed by atoms with E-state index in [-0.39, 0.29) is 23.7 Å². The van der Waals surface area contributed by atoms with E-state index in [0.29, 0.717) is 6.54 Å². The Morgan fingerprint density at radius 3 is 2.67 bits per heavy atom. The van der Waals surface area contributed by atoms with E-state index >= 15 is 0 Å². The van der Waals surface area contributed by atoms with Crippen molar-refractivity contribution in [1.82, 2.24) is 19.8 Å². The molecule has 1 aromatic heterocycles. The number of rotatable bonds is 4. The van der Waals surface area contributed by atoms with Crippen molar-refractivity contribution in [3.05, 3.63) is 70.1 Å². The molecule has 0 spiro atoms. The van der Waals surface area contributed by atoms with Crippen molar-refractivity contribution in [2.45, 2.75) is 44.2 Å². The summed E-state index contributed by atoms with van der Waals surface area (Å²) < 4.78 is 1.89. The molecule has 1 unspecified atom stereocenters. The summed E-state index contributed by atoms with van der Waals surface area (Å²) in [7, 11) is 0. The van der Waals surface area contributed by atoms with Crippen LogP contribution < -0.4 is 11.0 Å². The molecule has 3 aromatic rings. The molecule has 1 fully saturated rings. The highest BCUT2D eigenvalue weighted by molar-refractivity contribution is 5.78. The highest BCUT2D eigenvalue weighted by atomic mass is 16.2. The maximum Gasteiger partial charge on any atom is 0.326 e. The molecule has 0 radical (unpaired) electrons. The number of fused-ring (bicyclic) bond motifs is 2. The Labute approximate surface area is 175 Å². The number of H-pyrrole nitrogens is 1. The first-order valence-corrected chi connectivity index (χ1v) is 11.0. The summed E-state index contributed by atoms with van der Waals surface area (Å²) in [6.07, 6.45) is 4.98. The van der Waals surface area contributed by atoms with Crippen LogP contribution in [0.4, 0.5) is 0 Å². The predicted molar refractivity (Wildman–Crippen MR) is 118 cm³/mol. The van der Waals surface area contributed by atoms with Gasteiger partial charge in [-0.2, -0.15) is 0 Å². The lowest BCUT2D eigenvalue weighted by Gasteiger charge is -2.33. The minimum Gasteiger partial charge on any atom is -0.348 e. The third kappa shape index (κ3) is 3.67. The maximum absolute atomic E-state index is 12.7. The molecular formula is C24H28N4O2. The summed E-state index contributed by atoms with van der Waals surface area (Å²) in [6, 6.07) is 16.6. The number of aromatic nitrogens is 2. The number of carbonyl (C=O) groups excluding carboxylic acids is 1. The van der Waals surface area contributed by atoms with Crippen LogP contribution in [0.3, 0.4) is 0 Å². The van der Waals surface area contributed by atoms with Crippen LogP contribution in [0.15, 0.2) is 53.3 Å². The van der Waals surface area contributed by atoms with E-state index in [4.69, 9.17) is 0 Å². The molecular weight excluding hydrogens is 376 g/mol. The number of hydrogen-bond donors (Lipinski definition) is 2. The maximum atomic E-state index is 12.7. The molecule has 2 aliphatic rings. The number of amides is 1. The smallest absolute Gasteiger partial charge is 0.326 e. The zero-order valence-corrected chi connectivity index (χ0v) is 17.1. The Morgan fingerprint density at radius 2 is 1.80 bits per heavy atom. The van der Waals surface area contributed by atoms with Gasteiger partial charge in [-0.25, -0.2) is 4.79 Å². The number of nitrogens with zero attached hydrogens (tertiary/aromatic N) is 2. The normalized spacial score (nSPS) is 20.2. The summed E-state index contributed by atoms with van der Waals surface area (Å²) in [5, 5.41) is 3.25. The van der Waals surface area contributed by atoms with Gasteiger partial charge in [-0.15, -0.1) is 0 Å². The van der Waals surface area contributed by atoms with Crippen LogP contribution in [0.5, 0.6) is 0 Å². The van der Waals surface area contributed by atoms with Crippen LogP contribution in [-0.4, -0.2) is 40.0 Å². The fourth-order valence-electron chi connectivity index (χ4n) is 5.12. The second kappa shape index (κ2) is 8.11. The lowest BCUT2D eigenvalue weighted by molar-refractivity contribution is -0.123. The number of imidazole rings is 1. The number of para-hydroxylation sites is 2. The van der Waals surface area contributed by atoms with Crippen molar-refractivity contribution in [3.63, 3.8) is 0 Å². The number of benzene rings is 2. The van der Waals surface area contributed by atoms with Gasteiger partial charge in [0.1, 0.15) is 0 Å². The van der Waals surface area contributed by atoms with E-state index in [1.165, 1.54) is 11.1 Å². The zero-order valence-electron chi connectivity index (χ0n) is 17.1. The molecule has 30 heavy (non-hydrogen) atoms. The van der Waals surface area contributed by atoms with E-state index in [1.807, 2.05) is 28.8 Å². The predicted octanol–water partition coefficient (Wildman–Crippen LogP) is 3.16. The lowest BCUT2D eigenvalue weighted by atomic mass is 9.88. The molecule has 2 aromatic carbocycles. The topological polar surface area (TPSA) is 70.1 Å². The van der Waals surface area contributed by atoms with Gasteiger partial charge in [-0.3, -0.25) is 14.3 Å². The highest BCUT2D eigenvalue weighted by Crippen LogP contribution is 2.29. The number of aryl methyl sites for hydroxylation is 1. The largest absolute Gasteiger partial charge is 0.348 e. The van der Waals surface area contributed by atoms with Crippen molar-refractivity contribution >= 4 is 16.9 Å². The number of piperidine rings is 1. The summed E-state index contributed by atoms with van der Waals surface area (Å²) in [5.74, 6) is 0.0967. The number of carbonyl (C=O) groups is 1. The van der Waals surface area contributed by atoms with Crippen LogP contribution in [-0.2, 0) is 11.2 Å². The van der Waals surface area contributed by atoms with Gasteiger partial charge < -0.3 is 10.3 Å². The van der Waals surface area contributed by atoms with Crippen molar-refractivity contribution in [1.29, 1.82) is 0 Å². The van der Waals surface area contributed by atoms with Gasteiger partial charge in [0.05, 0.1) is 23.6 Å². The fraction of sp³-hybridized carbons (Fsp3) is 0.417. The first-order chi connectivity index (χ1) is 14.7. The Morgan fingerprint density at radius 1 is 1.03 bits per heavy atom. The molecule has 2 N–H and O–H groups in total. The minimum atomic E-state index is -0.0386. The van der Waals surface area contributed by atoms with E-state index < -0.39 is 0 Å². The Bertz CT molecular complexity index is 1110. The number of nitrogens with one attached hydrogen (secondary N) is 2. The van der Waals surface area contributed by atoms with E-state index in [2.05, 4.69) is 39.5 Å². The monoisotopic (exact) mass is 404 g/mol. The number of likely N-dealkylation sites (tertiary alicyclic amines) is 1. The Balaban J connectivity index is 1.19. The number of aromatic amines is 1. The molecule has 1 aliphatic carbocycles. The molecule has 5 rings (SSSR count). The molecule has 1 amide bonds. The van der Waals surface area contributed by atoms with Crippen LogP contribution >= 0.6 is 0 Å². The second-order valence-corrected chi connectivity index (χ2v) is 8.54. The molecule has 156 valence electrons. The quantitative estimate of drug-likeness (QED) is 0.702. The van der Waals surface area contributed by atoms with Gasteiger partial charge in [-0.1, -0.05) is 36.4 Å². The van der Waals surface area contributed by atoms with Gasteiger partial charge in [0.25, 0.3) is 0 Å². The molecule has 0 saturated carbocycles. The van der Waals surface area contributed by atoms with E-state index in [1.54, 1.807) is 0 Å². The molecule has 1 aliphatic heterocycles. The van der Waals surface area contributed by atoms with Crippen LogP contribution in [0.1, 0.15) is 48.9 Å². The SMILES string of the molecule is O=C(CN1CCC(n2c(=O)[nH]c3ccccc32)CC1)NC1CCCc2ccccc21. The summed E-state index contributed by atoms with van der Waals surface area (Å²) in [6.45, 7) is 2.07. The molecule has 6 heteroatoms. The van der Waals surface area contributed by atoms with Gasteiger partial charge in [0.2, 0.25) is 5.91 Å². The summed E-state index contributed by atoms with van der Waals surface area (Å²) in [5.41, 5.74) is 4.45. The average Bonchev–Trinajstić information content (AvgIpc) is 3.10. The van der Waals surface area contributed by atoms with Crippen LogP contribution in [0, 0.1) is 0 Å². The lowest BCUT2D eigenvalue weighted by Crippen LogP contribution is -2.43. The molecule has 1 atom stereocenters. The summed E-state index contributed by atoms with van der Waals surface area (Å²) >= 11 is 0. The molecule has 2 heterocycles. The first kappa shape index (κ1) is 19.1. The standard InChI is InChI=1S/C24H28N4O2/c29-23(25-20-10-5-7-17-6-1-2-8-19(17)20)16-27-14-12-18(13-15-27)28-22-11-4-3-9-21(22)26-24(28)30/h1-4,6,8-9,11,18,20H,5,7,10,12-16H2,(H,25,29)(H,26,30). The summed E-state index contributed by atoms with van der Waals surface area (Å²) in [4.78, 5) is 30.3. The Hall–Kier alpha value is -2.86. The minimum absolute atomic E-state index is 0.0386. The van der Waals surface area contributed by atoms with Crippen LogP contribution in [0.2, 0.25) is 0 Å². The fourth-order valence-corrected chi connectivity index (χ4v) is 5.12. The van der Waals surface area contributed by atoms with Crippen LogP contribution in [0.25, 0.3) is 11.0 Å². The van der Waals surface area contributed by atoms with Gasteiger partial charge in [-0.05, 0) is 55.4 Å². The van der Waals surface area contributed by atoms with E-state index in [9.17, 15) is 9.59 Å². The third-order valence-corrected chi connectivity index (χ3v) is 6.62. The van der Waals surface area contributed by atoms with Gasteiger partial charge in [0, 0.05) is 19.1 Å². The average molecular weight is 405 g/mol. The highest BCUT2D eigenvalue weighted by Gasteiger charge is 2.26. The second-order valence-electron chi connectivity index (χ2n) is 8.54. The molecule has 0 bridgehead atoms. The molecule has 6 nitrogen and oxygen atoms in total. The molecule has 1 saturated heterocycles. The van der Waals surface area contributed by atoms with Gasteiger partial charge in [0.15, 0.2) is 0 Å². The zero-order chi connectivity index (χ0) is 20.5. The third-order valence-electron chi connectivity index (χ3n) is 6.62.